The summed E-state index contributed by atoms with van der Waals surface area (Å²) >= 11 is 5.89. The van der Waals surface area contributed by atoms with Crippen LogP contribution in [0.5, 0.6) is 23.0 Å². The molecular weight excluding hydrogens is 586 g/mol. The minimum absolute atomic E-state index is 0.0784. The van der Waals surface area contributed by atoms with E-state index in [-0.39, 0.29) is 18.2 Å². The van der Waals surface area contributed by atoms with Crippen LogP contribution in [-0.2, 0) is 12.5 Å². The third kappa shape index (κ3) is 9.60. The van der Waals surface area contributed by atoms with Gasteiger partial charge in [-0.2, -0.15) is 0 Å². The summed E-state index contributed by atoms with van der Waals surface area (Å²) in [5, 5.41) is 9.28. The Morgan fingerprint density at radius 1 is 0.659 bits per heavy atom. The van der Waals surface area contributed by atoms with Gasteiger partial charge >= 0.3 is 0 Å². The highest BCUT2D eigenvalue weighted by Gasteiger charge is 2.15. The number of ether oxygens (including phenoxy) is 4. The van der Waals surface area contributed by atoms with Crippen molar-refractivity contribution in [3.63, 3.8) is 0 Å². The number of aliphatic hydroxyl groups is 1. The largest absolute Gasteiger partial charge is 0.497 e. The molecule has 4 aromatic carbocycles. The molecule has 0 heterocycles. The van der Waals surface area contributed by atoms with Gasteiger partial charge in [0.25, 0.3) is 0 Å². The van der Waals surface area contributed by atoms with Crippen LogP contribution in [0.2, 0.25) is 0 Å². The fourth-order valence-corrected chi connectivity index (χ4v) is 4.49. The molecule has 0 aromatic heterocycles. The van der Waals surface area contributed by atoms with Crippen molar-refractivity contribution >= 4 is 11.6 Å². The van der Waals surface area contributed by atoms with E-state index in [0.717, 1.165) is 36.8 Å². The van der Waals surface area contributed by atoms with Crippen LogP contribution in [0.3, 0.4) is 0 Å². The summed E-state index contributed by atoms with van der Waals surface area (Å²) in [6.45, 7) is 5.26. The van der Waals surface area contributed by atoms with Crippen molar-refractivity contribution in [2.45, 2.75) is 52.0 Å². The molecule has 0 saturated heterocycles. The highest BCUT2D eigenvalue weighted by Crippen LogP contribution is 2.36. The Labute approximate surface area is 267 Å². The molecule has 4 aromatic rings. The third-order valence-electron chi connectivity index (χ3n) is 6.87. The molecule has 0 radical (unpaired) electrons. The topological polar surface area (TPSA) is 57.2 Å². The number of halogens is 3. The van der Waals surface area contributed by atoms with E-state index in [0.29, 0.717) is 64.3 Å². The smallest absolute Gasteiger partial charge is 0.131 e. The van der Waals surface area contributed by atoms with Gasteiger partial charge in [0.05, 0.1) is 34.0 Å². The van der Waals surface area contributed by atoms with Gasteiger partial charge in [-0.1, -0.05) is 51.0 Å². The van der Waals surface area contributed by atoms with Crippen LogP contribution in [0, 0.1) is 11.6 Å². The monoisotopic (exact) mass is 632 g/mol. The van der Waals surface area contributed by atoms with Crippen molar-refractivity contribution in [2.24, 2.45) is 0 Å². The maximum atomic E-state index is 14.2. The van der Waals surface area contributed by atoms with Gasteiger partial charge in [0, 0.05) is 31.1 Å². The van der Waals surface area contributed by atoms with Gasteiger partial charge in [0.2, 0.25) is 0 Å². The molecule has 5 nitrogen and oxygen atoms in total. The molecule has 0 spiro atoms. The van der Waals surface area contributed by atoms with Crippen LogP contribution >= 0.6 is 11.6 Å². The quantitative estimate of drug-likeness (QED) is 0.111. The molecule has 0 atom stereocenters. The second-order valence-electron chi connectivity index (χ2n) is 10.0. The van der Waals surface area contributed by atoms with E-state index in [1.807, 2.05) is 18.2 Å². The summed E-state index contributed by atoms with van der Waals surface area (Å²) in [7, 11) is 3.11. The Kier molecular flexibility index (Phi) is 13.6. The normalized spacial score (nSPS) is 10.7. The van der Waals surface area contributed by atoms with Crippen LogP contribution in [0.4, 0.5) is 8.78 Å². The van der Waals surface area contributed by atoms with Crippen LogP contribution in [0.25, 0.3) is 22.3 Å². The molecule has 0 aliphatic carbocycles. The number of methoxy groups -OCH3 is 2. The molecule has 0 fully saturated rings. The van der Waals surface area contributed by atoms with Gasteiger partial charge in [-0.05, 0) is 72.5 Å². The van der Waals surface area contributed by atoms with Crippen molar-refractivity contribution in [3.8, 4) is 45.3 Å². The van der Waals surface area contributed by atoms with E-state index in [4.69, 9.17) is 33.5 Å². The molecule has 8 heteroatoms. The van der Waals surface area contributed by atoms with Crippen LogP contribution in [0.1, 0.15) is 53.6 Å². The van der Waals surface area contributed by atoms with Crippen molar-refractivity contribution in [2.75, 3.05) is 27.4 Å². The summed E-state index contributed by atoms with van der Waals surface area (Å²) in [5.74, 6) is 2.17. The zero-order valence-electron chi connectivity index (χ0n) is 27.8. The molecule has 0 unspecified atom stereocenters. The van der Waals surface area contributed by atoms with Crippen molar-refractivity contribution in [1.82, 2.24) is 0 Å². The molecule has 0 bridgehead atoms. The molecule has 0 saturated carbocycles. The summed E-state index contributed by atoms with van der Waals surface area (Å²) in [6.07, 6.45) is 3.93. The zero-order chi connectivity index (χ0) is 33.9. The van der Waals surface area contributed by atoms with Gasteiger partial charge in [0.1, 0.15) is 34.6 Å². The maximum absolute atomic E-state index is 14.2. The second kappa shape index (κ2) is 18.1. The molecule has 1 N–H and O–H groups in total. The minimum atomic E-state index is -0.335. The number of hydrogen-bond acceptors (Lipinski definition) is 5. The lowest BCUT2D eigenvalue weighted by molar-refractivity contribution is 0.278. The maximum Gasteiger partial charge on any atom is 0.131 e. The number of aliphatic hydroxyl groups excluding tert-OH is 1. The first-order valence-corrected chi connectivity index (χ1v) is 15.3. The van der Waals surface area contributed by atoms with Crippen LogP contribution in [0.15, 0.2) is 72.8 Å². The molecule has 0 aliphatic rings. The SMILES string of the molecule is CCCCOc1cc(CCl)ccc1-c1cc(OC)ccc1F.CCCCOc1cc(CO)ccc1-c1cc(OC)ccc1F.[3H][3H]. The fourth-order valence-electron chi connectivity index (χ4n) is 4.33. The highest BCUT2D eigenvalue weighted by molar-refractivity contribution is 6.17. The van der Waals surface area contributed by atoms with Crippen molar-refractivity contribution < 1.29 is 35.8 Å². The highest BCUT2D eigenvalue weighted by atomic mass is 35.5. The van der Waals surface area contributed by atoms with E-state index in [9.17, 15) is 13.9 Å². The molecule has 238 valence electrons. The zero-order valence-corrected chi connectivity index (χ0v) is 26.6. The molecule has 0 amide bonds. The standard InChI is InChI=1S/C18H20ClFO2.C18H21FO3.H2/c1-3-4-9-22-18-10-13(12-19)5-7-15(18)16-11-14(21-2)6-8-17(16)20;1-3-4-9-22-18-10-13(12-20)5-7-15(18)16-11-14(21-2)6-8-17(16)19;/h5-8,10-11H,3-4,9,12H2,1-2H3;5-8,10-11,20H,3-4,9,12H2,1-2H3;1H/i;;1+2T. The Morgan fingerprint density at radius 3 is 1.52 bits per heavy atom. The summed E-state index contributed by atoms with van der Waals surface area (Å²) < 4.78 is 60.4. The second-order valence-corrected chi connectivity index (χ2v) is 10.3. The van der Waals surface area contributed by atoms with E-state index in [2.05, 4.69) is 13.8 Å². The van der Waals surface area contributed by atoms with E-state index >= 15 is 0 Å². The van der Waals surface area contributed by atoms with Gasteiger partial charge in [0.15, 0.2) is 0 Å². The van der Waals surface area contributed by atoms with E-state index in [1.165, 1.54) is 12.1 Å². The lowest BCUT2D eigenvalue weighted by Crippen LogP contribution is -2.00. The minimum Gasteiger partial charge on any atom is -0.497 e. The van der Waals surface area contributed by atoms with Gasteiger partial charge < -0.3 is 24.1 Å². The first-order valence-electron chi connectivity index (χ1n) is 15.7. The molecule has 44 heavy (non-hydrogen) atoms. The number of rotatable bonds is 14. The first kappa shape index (κ1) is 33.1. The summed E-state index contributed by atoms with van der Waals surface area (Å²) in [6, 6.07) is 20.2. The average molecular weight is 633 g/mol. The Balaban J connectivity index is 0.000000304. The lowest BCUT2D eigenvalue weighted by Gasteiger charge is -2.14. The number of hydrogen-bond donors (Lipinski definition) is 1. The van der Waals surface area contributed by atoms with Crippen molar-refractivity contribution in [3.05, 3.63) is 95.6 Å². The van der Waals surface area contributed by atoms with Crippen molar-refractivity contribution in [1.29, 1.82) is 0 Å². The summed E-state index contributed by atoms with van der Waals surface area (Å²) in [4.78, 5) is 0. The molecular formula is C36H43ClF2O5. The summed E-state index contributed by atoms with van der Waals surface area (Å²) in [5.41, 5.74) is 3.94. The predicted octanol–water partition coefficient (Wildman–Crippen LogP) is 9.84. The molecule has 0 aliphatic heterocycles. The Bertz CT molecular complexity index is 1380. The number of unbranched alkanes of at least 4 members (excludes halogenated alkanes) is 2. The van der Waals surface area contributed by atoms with Crippen LogP contribution < -0.4 is 18.9 Å². The van der Waals surface area contributed by atoms with Gasteiger partial charge in [-0.3, -0.25) is 0 Å². The number of benzene rings is 4. The fraction of sp³-hybridized carbons (Fsp3) is 0.333. The lowest BCUT2D eigenvalue weighted by atomic mass is 10.0. The Morgan fingerprint density at radius 2 is 1.11 bits per heavy atom. The third-order valence-corrected chi connectivity index (χ3v) is 7.18. The average Bonchev–Trinajstić information content (AvgIpc) is 3.10. The first-order chi connectivity index (χ1) is 22.4. The van der Waals surface area contributed by atoms with E-state index in [1.54, 1.807) is 56.7 Å². The van der Waals surface area contributed by atoms with Gasteiger partial charge in [-0.15, -0.1) is 11.6 Å². The van der Waals surface area contributed by atoms with Crippen LogP contribution in [-0.4, -0.2) is 32.5 Å². The molecule has 4 rings (SSSR count). The Hall–Kier alpha value is -3.81. The number of alkyl halides is 1. The predicted molar refractivity (Wildman–Crippen MR) is 175 cm³/mol. The van der Waals surface area contributed by atoms with E-state index < -0.39 is 0 Å². The van der Waals surface area contributed by atoms with Gasteiger partial charge in [-0.25, -0.2) is 8.78 Å².